The summed E-state index contributed by atoms with van der Waals surface area (Å²) in [6.07, 6.45) is -5.94. The first kappa shape index (κ1) is 30.3. The molecule has 1 heterocycles. The molecule has 0 aromatic heterocycles. The third kappa shape index (κ3) is 5.88. The van der Waals surface area contributed by atoms with Gasteiger partial charge < -0.3 is 15.2 Å². The molecule has 1 aliphatic heterocycles. The van der Waals surface area contributed by atoms with Crippen molar-refractivity contribution in [1.29, 1.82) is 0 Å². The smallest absolute Gasteiger partial charge is 0.416 e. The number of alkyl halides is 3. The lowest BCUT2D eigenvalue weighted by atomic mass is 9.62. The van der Waals surface area contributed by atoms with Gasteiger partial charge in [0.25, 0.3) is 10.0 Å². The van der Waals surface area contributed by atoms with E-state index in [0.717, 1.165) is 40.7 Å². The SMILES string of the molecule is CC(=O)NC1CC(CC2CN(S(=O)(=O)c3cccc(C(F)(F)F)c3)c3cc(-c4cc(F)ccc4F)ccc3O2)(C(=O)O)C1. The van der Waals surface area contributed by atoms with Gasteiger partial charge in [-0.25, -0.2) is 17.2 Å². The summed E-state index contributed by atoms with van der Waals surface area (Å²) in [7, 11) is -4.72. The van der Waals surface area contributed by atoms with Gasteiger partial charge in [-0.1, -0.05) is 12.1 Å². The van der Waals surface area contributed by atoms with Crippen molar-refractivity contribution in [3.63, 3.8) is 0 Å². The van der Waals surface area contributed by atoms with Gasteiger partial charge in [0.2, 0.25) is 5.91 Å². The van der Waals surface area contributed by atoms with E-state index in [2.05, 4.69) is 5.32 Å². The van der Waals surface area contributed by atoms with Crippen molar-refractivity contribution in [2.75, 3.05) is 10.8 Å². The van der Waals surface area contributed by atoms with Crippen molar-refractivity contribution in [1.82, 2.24) is 5.32 Å². The van der Waals surface area contributed by atoms with Gasteiger partial charge in [-0.15, -0.1) is 0 Å². The lowest BCUT2D eigenvalue weighted by Crippen LogP contribution is -2.57. The summed E-state index contributed by atoms with van der Waals surface area (Å²) in [6, 6.07) is 9.34. The largest absolute Gasteiger partial charge is 0.486 e. The van der Waals surface area contributed by atoms with Gasteiger partial charge in [0.15, 0.2) is 0 Å². The van der Waals surface area contributed by atoms with Crippen molar-refractivity contribution in [2.45, 2.75) is 49.4 Å². The fourth-order valence-electron chi connectivity index (χ4n) is 5.63. The molecule has 1 aliphatic carbocycles. The normalized spacial score (nSPS) is 21.8. The van der Waals surface area contributed by atoms with Crippen LogP contribution in [0.3, 0.4) is 0 Å². The Labute approximate surface area is 243 Å². The number of carbonyl (C=O) groups is 2. The molecule has 1 fully saturated rings. The molecule has 1 amide bonds. The number of nitrogens with zero attached hydrogens (tertiary/aromatic N) is 1. The number of benzene rings is 3. The first-order valence-corrected chi connectivity index (χ1v) is 14.5. The van der Waals surface area contributed by atoms with Gasteiger partial charge in [0.05, 0.1) is 28.1 Å². The highest BCUT2D eigenvalue weighted by molar-refractivity contribution is 7.92. The van der Waals surface area contributed by atoms with Crippen LogP contribution in [0.4, 0.5) is 27.6 Å². The van der Waals surface area contributed by atoms with Gasteiger partial charge in [-0.05, 0) is 66.9 Å². The molecule has 1 saturated carbocycles. The van der Waals surface area contributed by atoms with Crippen LogP contribution in [-0.2, 0) is 25.8 Å². The molecule has 0 bridgehead atoms. The second kappa shape index (κ2) is 10.8. The number of carboxylic acids is 1. The summed E-state index contributed by atoms with van der Waals surface area (Å²) >= 11 is 0. The van der Waals surface area contributed by atoms with Gasteiger partial charge in [-0.2, -0.15) is 13.2 Å². The van der Waals surface area contributed by atoms with Crippen LogP contribution in [0.15, 0.2) is 65.6 Å². The number of nitrogens with one attached hydrogen (secondary N) is 1. The Morgan fingerprint density at radius 1 is 1.07 bits per heavy atom. The first-order valence-electron chi connectivity index (χ1n) is 13.1. The molecule has 14 heteroatoms. The van der Waals surface area contributed by atoms with Crippen LogP contribution < -0.4 is 14.4 Å². The third-order valence-corrected chi connectivity index (χ3v) is 9.41. The van der Waals surface area contributed by atoms with E-state index in [-0.39, 0.29) is 47.7 Å². The Balaban J connectivity index is 1.57. The number of carbonyl (C=O) groups excluding carboxylic acids is 1. The summed E-state index contributed by atoms with van der Waals surface area (Å²) in [5.41, 5.74) is -2.82. The molecule has 3 aromatic carbocycles. The summed E-state index contributed by atoms with van der Waals surface area (Å²) in [6.45, 7) is 0.808. The maximum absolute atomic E-state index is 14.6. The van der Waals surface area contributed by atoms with E-state index < -0.39 is 68.4 Å². The molecule has 1 atom stereocenters. The quantitative estimate of drug-likeness (QED) is 0.342. The Morgan fingerprint density at radius 2 is 1.79 bits per heavy atom. The van der Waals surface area contributed by atoms with Gasteiger partial charge in [0.1, 0.15) is 23.5 Å². The second-order valence-electron chi connectivity index (χ2n) is 10.7. The number of hydrogen-bond acceptors (Lipinski definition) is 5. The zero-order chi connectivity index (χ0) is 31.3. The van der Waals surface area contributed by atoms with Crippen molar-refractivity contribution >= 4 is 27.6 Å². The first-order chi connectivity index (χ1) is 20.1. The molecule has 2 N–H and O–H groups in total. The molecule has 0 radical (unpaired) electrons. The molecule has 8 nitrogen and oxygen atoms in total. The van der Waals surface area contributed by atoms with E-state index in [9.17, 15) is 45.1 Å². The molecule has 43 heavy (non-hydrogen) atoms. The molecule has 0 saturated heterocycles. The molecule has 1 unspecified atom stereocenters. The minimum atomic E-state index is -4.83. The van der Waals surface area contributed by atoms with Crippen molar-refractivity contribution in [3.8, 4) is 16.9 Å². The highest BCUT2D eigenvalue weighted by Crippen LogP contribution is 2.48. The third-order valence-electron chi connectivity index (χ3n) is 7.63. The van der Waals surface area contributed by atoms with Crippen molar-refractivity contribution in [2.24, 2.45) is 5.41 Å². The number of sulfonamides is 1. The lowest BCUT2D eigenvalue weighted by Gasteiger charge is -2.47. The zero-order valence-corrected chi connectivity index (χ0v) is 23.3. The molecule has 5 rings (SSSR count). The fourth-order valence-corrected chi connectivity index (χ4v) is 7.17. The number of anilines is 1. The van der Waals surface area contributed by atoms with Crippen molar-refractivity contribution < 1.29 is 49.8 Å². The number of rotatable bonds is 7. The zero-order valence-electron chi connectivity index (χ0n) is 22.5. The van der Waals surface area contributed by atoms with E-state index in [1.165, 1.54) is 25.1 Å². The average molecular weight is 625 g/mol. The van der Waals surface area contributed by atoms with Gasteiger partial charge >= 0.3 is 12.1 Å². The van der Waals surface area contributed by atoms with Crippen LogP contribution in [0, 0.1) is 17.0 Å². The number of amides is 1. The monoisotopic (exact) mass is 624 g/mol. The van der Waals surface area contributed by atoms with Crippen LogP contribution in [0.25, 0.3) is 11.1 Å². The predicted octanol–water partition coefficient (Wildman–Crippen LogP) is 5.37. The van der Waals surface area contributed by atoms with E-state index in [4.69, 9.17) is 4.74 Å². The highest BCUT2D eigenvalue weighted by atomic mass is 32.2. The second-order valence-corrected chi connectivity index (χ2v) is 12.6. The van der Waals surface area contributed by atoms with Gasteiger partial charge in [-0.3, -0.25) is 13.9 Å². The molecular weight excluding hydrogens is 599 g/mol. The standard InChI is InChI=1S/C29H25F5N2O6S/c1-16(37)35-20-12-28(13-20,27(38)39)14-21-15-36(43(40,41)22-4-2-3-18(10-22)29(32,33)34)25-9-17(5-8-26(25)42-21)23-11-19(30)6-7-24(23)31/h2-11,20-21H,12-15H2,1H3,(H,35,37)(H,38,39). The topological polar surface area (TPSA) is 113 Å². The predicted molar refractivity (Wildman–Crippen MR) is 144 cm³/mol. The summed E-state index contributed by atoms with van der Waals surface area (Å²) < 4.78 is 104. The number of hydrogen-bond donors (Lipinski definition) is 2. The Hall–Kier alpha value is -4.20. The number of carboxylic acid groups (broad SMARTS) is 1. The molecule has 228 valence electrons. The van der Waals surface area contributed by atoms with Crippen LogP contribution >= 0.6 is 0 Å². The Kier molecular flexibility index (Phi) is 7.61. The summed E-state index contributed by atoms with van der Waals surface area (Å²) in [4.78, 5) is 23.0. The summed E-state index contributed by atoms with van der Waals surface area (Å²) in [5.74, 6) is -3.12. The lowest BCUT2D eigenvalue weighted by molar-refractivity contribution is -0.159. The minimum absolute atomic E-state index is 0.0503. The Bertz CT molecular complexity index is 1710. The molecular formula is C29H25F5N2O6S. The number of fused-ring (bicyclic) bond motifs is 1. The maximum Gasteiger partial charge on any atom is 0.416 e. The number of aliphatic carboxylic acids is 1. The minimum Gasteiger partial charge on any atom is -0.486 e. The van der Waals surface area contributed by atoms with E-state index >= 15 is 0 Å². The number of ether oxygens (including phenoxy) is 1. The Morgan fingerprint density at radius 3 is 2.44 bits per heavy atom. The van der Waals surface area contributed by atoms with Crippen LogP contribution in [0.1, 0.15) is 31.7 Å². The maximum atomic E-state index is 14.6. The van der Waals surface area contributed by atoms with Crippen LogP contribution in [0.5, 0.6) is 5.75 Å². The number of halogens is 5. The van der Waals surface area contributed by atoms with E-state index in [1.807, 2.05) is 0 Å². The molecule has 0 spiro atoms. The van der Waals surface area contributed by atoms with Crippen molar-refractivity contribution in [3.05, 3.63) is 77.9 Å². The van der Waals surface area contributed by atoms with E-state index in [0.29, 0.717) is 6.07 Å². The van der Waals surface area contributed by atoms with E-state index in [1.54, 1.807) is 0 Å². The fraction of sp³-hybridized carbons (Fsp3) is 0.310. The van der Waals surface area contributed by atoms with Gasteiger partial charge in [0, 0.05) is 24.9 Å². The van der Waals surface area contributed by atoms with Crippen LogP contribution in [-0.4, -0.2) is 44.1 Å². The average Bonchev–Trinajstić information content (AvgIpc) is 2.91. The summed E-state index contributed by atoms with van der Waals surface area (Å²) in [5, 5.41) is 12.7. The highest BCUT2D eigenvalue weighted by Gasteiger charge is 2.53. The van der Waals surface area contributed by atoms with Crippen LogP contribution in [0.2, 0.25) is 0 Å². The molecule has 2 aliphatic rings. The molecule has 3 aromatic rings.